The molecule has 0 aliphatic heterocycles. The molecule has 1 aromatic rings. The maximum absolute atomic E-state index is 11.4. The van der Waals surface area contributed by atoms with Crippen LogP contribution < -0.4 is 4.90 Å². The van der Waals surface area contributed by atoms with Gasteiger partial charge in [0.05, 0.1) is 0 Å². The predicted octanol–water partition coefficient (Wildman–Crippen LogP) is 3.07. The van der Waals surface area contributed by atoms with Gasteiger partial charge in [0.25, 0.3) is 0 Å². The van der Waals surface area contributed by atoms with Crippen LogP contribution in [0.5, 0.6) is 0 Å². The average Bonchev–Trinajstić information content (AvgIpc) is 2.29. The van der Waals surface area contributed by atoms with Crippen LogP contribution in [-0.4, -0.2) is 12.8 Å². The molecule has 0 unspecified atom stereocenters. The van der Waals surface area contributed by atoms with Crippen molar-refractivity contribution in [3.8, 4) is 0 Å². The first-order chi connectivity index (χ1) is 7.66. The Bertz CT molecular complexity index is 417. The molecular weight excluding hydrogens is 198 g/mol. The molecule has 1 aliphatic carbocycles. The monoisotopic (exact) mass is 215 g/mol. The van der Waals surface area contributed by atoms with E-state index in [4.69, 9.17) is 0 Å². The van der Waals surface area contributed by atoms with Crippen LogP contribution in [0.2, 0.25) is 0 Å². The van der Waals surface area contributed by atoms with E-state index in [1.807, 2.05) is 7.05 Å². The summed E-state index contributed by atoms with van der Waals surface area (Å²) in [4.78, 5) is 13.5. The highest BCUT2D eigenvalue weighted by Crippen LogP contribution is 2.24. The van der Waals surface area contributed by atoms with Crippen molar-refractivity contribution < 1.29 is 4.79 Å². The maximum atomic E-state index is 11.4. The first kappa shape index (κ1) is 10.9. The first-order valence-electron chi connectivity index (χ1n) is 5.70. The molecule has 0 saturated carbocycles. The number of ketones is 1. The van der Waals surface area contributed by atoms with Crippen LogP contribution in [0.4, 0.5) is 5.69 Å². The quantitative estimate of drug-likeness (QED) is 0.755. The van der Waals surface area contributed by atoms with Crippen LogP contribution in [0.1, 0.15) is 24.8 Å². The van der Waals surface area contributed by atoms with Crippen LogP contribution in [0.3, 0.4) is 0 Å². The zero-order valence-electron chi connectivity index (χ0n) is 9.86. The molecule has 0 heterocycles. The van der Waals surface area contributed by atoms with Gasteiger partial charge in [-0.2, -0.15) is 0 Å². The SMILES string of the molecule is Cc1ccc(N(C)C2=CC(=O)CCC2)cc1. The molecule has 1 aromatic carbocycles. The van der Waals surface area contributed by atoms with E-state index in [1.165, 1.54) is 5.56 Å². The van der Waals surface area contributed by atoms with Crippen LogP contribution in [0.25, 0.3) is 0 Å². The fourth-order valence-electron chi connectivity index (χ4n) is 1.97. The normalized spacial score (nSPS) is 15.9. The van der Waals surface area contributed by atoms with Gasteiger partial charge in [-0.1, -0.05) is 17.7 Å². The number of hydrogen-bond donors (Lipinski definition) is 0. The number of benzene rings is 1. The Morgan fingerprint density at radius 3 is 2.44 bits per heavy atom. The van der Waals surface area contributed by atoms with Crippen molar-refractivity contribution >= 4 is 11.5 Å². The van der Waals surface area contributed by atoms with E-state index in [0.29, 0.717) is 6.42 Å². The number of nitrogens with zero attached hydrogens (tertiary/aromatic N) is 1. The zero-order valence-corrected chi connectivity index (χ0v) is 9.86. The summed E-state index contributed by atoms with van der Waals surface area (Å²) in [6.07, 6.45) is 4.45. The van der Waals surface area contributed by atoms with E-state index in [2.05, 4.69) is 36.1 Å². The number of carbonyl (C=O) groups excluding carboxylic acids is 1. The molecule has 0 saturated heterocycles. The summed E-state index contributed by atoms with van der Waals surface area (Å²) in [6, 6.07) is 8.37. The summed E-state index contributed by atoms with van der Waals surface area (Å²) in [5, 5.41) is 0. The fraction of sp³-hybridized carbons (Fsp3) is 0.357. The van der Waals surface area contributed by atoms with Crippen LogP contribution in [0, 0.1) is 6.92 Å². The van der Waals surface area contributed by atoms with Gasteiger partial charge in [0.15, 0.2) is 5.78 Å². The van der Waals surface area contributed by atoms with Gasteiger partial charge in [0.1, 0.15) is 0 Å². The molecule has 0 spiro atoms. The molecule has 16 heavy (non-hydrogen) atoms. The molecule has 0 N–H and O–H groups in total. The van der Waals surface area contributed by atoms with Crippen molar-refractivity contribution in [3.63, 3.8) is 0 Å². The number of carbonyl (C=O) groups is 1. The second-order valence-electron chi connectivity index (χ2n) is 4.35. The lowest BCUT2D eigenvalue weighted by Gasteiger charge is -2.25. The Balaban J connectivity index is 2.21. The molecule has 0 aromatic heterocycles. The second kappa shape index (κ2) is 4.52. The van der Waals surface area contributed by atoms with Gasteiger partial charge in [-0.15, -0.1) is 0 Å². The van der Waals surface area contributed by atoms with E-state index in [1.54, 1.807) is 6.08 Å². The Morgan fingerprint density at radius 1 is 1.12 bits per heavy atom. The van der Waals surface area contributed by atoms with Crippen LogP contribution >= 0.6 is 0 Å². The molecule has 0 amide bonds. The third-order valence-electron chi connectivity index (χ3n) is 3.04. The van der Waals surface area contributed by atoms with Crippen molar-refractivity contribution in [2.24, 2.45) is 0 Å². The highest BCUT2D eigenvalue weighted by molar-refractivity contribution is 5.91. The van der Waals surface area contributed by atoms with Gasteiger partial charge in [0.2, 0.25) is 0 Å². The largest absolute Gasteiger partial charge is 0.348 e. The van der Waals surface area contributed by atoms with E-state index in [-0.39, 0.29) is 5.78 Å². The van der Waals surface area contributed by atoms with Gasteiger partial charge in [-0.3, -0.25) is 4.79 Å². The van der Waals surface area contributed by atoms with E-state index in [0.717, 1.165) is 24.2 Å². The second-order valence-corrected chi connectivity index (χ2v) is 4.35. The molecule has 0 atom stereocenters. The number of anilines is 1. The van der Waals surface area contributed by atoms with Crippen molar-refractivity contribution in [3.05, 3.63) is 41.6 Å². The summed E-state index contributed by atoms with van der Waals surface area (Å²) < 4.78 is 0. The zero-order chi connectivity index (χ0) is 11.5. The highest BCUT2D eigenvalue weighted by Gasteiger charge is 2.14. The minimum atomic E-state index is 0.250. The lowest BCUT2D eigenvalue weighted by Crippen LogP contribution is -2.20. The summed E-state index contributed by atoms with van der Waals surface area (Å²) in [6.45, 7) is 2.08. The Morgan fingerprint density at radius 2 is 1.81 bits per heavy atom. The van der Waals surface area contributed by atoms with Crippen LogP contribution in [0.15, 0.2) is 36.0 Å². The van der Waals surface area contributed by atoms with Crippen LogP contribution in [-0.2, 0) is 4.79 Å². The van der Waals surface area contributed by atoms with E-state index < -0.39 is 0 Å². The van der Waals surface area contributed by atoms with Gasteiger partial charge in [-0.25, -0.2) is 0 Å². The molecule has 2 rings (SSSR count). The topological polar surface area (TPSA) is 20.3 Å². The molecule has 0 fully saturated rings. The average molecular weight is 215 g/mol. The van der Waals surface area contributed by atoms with E-state index in [9.17, 15) is 4.79 Å². The predicted molar refractivity (Wildman–Crippen MR) is 66.5 cm³/mol. The molecule has 0 bridgehead atoms. The van der Waals surface area contributed by atoms with E-state index >= 15 is 0 Å². The molecule has 2 nitrogen and oxygen atoms in total. The van der Waals surface area contributed by atoms with Gasteiger partial charge in [-0.05, 0) is 31.9 Å². The minimum absolute atomic E-state index is 0.250. The number of allylic oxidation sites excluding steroid dienone is 2. The highest BCUT2D eigenvalue weighted by atomic mass is 16.1. The molecule has 1 aliphatic rings. The molecule has 2 heteroatoms. The molecule has 0 radical (unpaired) electrons. The van der Waals surface area contributed by atoms with Crippen molar-refractivity contribution in [1.29, 1.82) is 0 Å². The van der Waals surface area contributed by atoms with Crippen molar-refractivity contribution in [2.45, 2.75) is 26.2 Å². The molecular formula is C14H17NO. The maximum Gasteiger partial charge on any atom is 0.157 e. The third kappa shape index (κ3) is 2.32. The van der Waals surface area contributed by atoms with Gasteiger partial charge < -0.3 is 4.90 Å². The van der Waals surface area contributed by atoms with Gasteiger partial charge >= 0.3 is 0 Å². The fourth-order valence-corrected chi connectivity index (χ4v) is 1.97. The summed E-state index contributed by atoms with van der Waals surface area (Å²) in [7, 11) is 2.02. The summed E-state index contributed by atoms with van der Waals surface area (Å²) >= 11 is 0. The third-order valence-corrected chi connectivity index (χ3v) is 3.04. The summed E-state index contributed by atoms with van der Waals surface area (Å²) in [5.41, 5.74) is 3.53. The number of aryl methyl sites for hydroxylation is 1. The standard InChI is InChI=1S/C14H17NO/c1-11-6-8-12(9-7-11)15(2)13-4-3-5-14(16)10-13/h6-10H,3-5H2,1-2H3. The Labute approximate surface area is 96.6 Å². The Kier molecular flexibility index (Phi) is 3.09. The minimum Gasteiger partial charge on any atom is -0.348 e. The Hall–Kier alpha value is -1.57. The van der Waals surface area contributed by atoms with Crippen molar-refractivity contribution in [1.82, 2.24) is 0 Å². The lowest BCUT2D eigenvalue weighted by atomic mass is 10.0. The number of hydrogen-bond acceptors (Lipinski definition) is 2. The molecule has 84 valence electrons. The lowest BCUT2D eigenvalue weighted by molar-refractivity contribution is -0.115. The smallest absolute Gasteiger partial charge is 0.157 e. The number of rotatable bonds is 2. The van der Waals surface area contributed by atoms with Gasteiger partial charge in [0, 0.05) is 30.9 Å². The van der Waals surface area contributed by atoms with Crippen molar-refractivity contribution in [2.75, 3.05) is 11.9 Å². The first-order valence-corrected chi connectivity index (χ1v) is 5.70. The summed E-state index contributed by atoms with van der Waals surface area (Å²) in [5.74, 6) is 0.250.